The Morgan fingerprint density at radius 2 is 1.96 bits per heavy atom. The first-order chi connectivity index (χ1) is 13.2. The minimum Gasteiger partial charge on any atom is -0.469 e. The maximum Gasteiger partial charge on any atom is 0.317 e. The molecule has 1 fully saturated rings. The SMILES string of the molecule is N#Cc1ccc(N2CCN(C(=O)NC[C@H](CO)Cc3ccco3)CC2)cc1. The number of benzene rings is 1. The van der Waals surface area contributed by atoms with Crippen LogP contribution in [0.3, 0.4) is 0 Å². The molecule has 0 bridgehead atoms. The van der Waals surface area contributed by atoms with Crippen molar-refractivity contribution in [2.45, 2.75) is 6.42 Å². The van der Waals surface area contributed by atoms with Crippen molar-refractivity contribution in [2.75, 3.05) is 44.2 Å². The highest BCUT2D eigenvalue weighted by Crippen LogP contribution is 2.17. The molecule has 2 aromatic rings. The van der Waals surface area contributed by atoms with Gasteiger partial charge in [-0.2, -0.15) is 5.26 Å². The Kier molecular flexibility index (Phi) is 6.34. The van der Waals surface area contributed by atoms with Gasteiger partial charge in [0.05, 0.1) is 17.9 Å². The lowest BCUT2D eigenvalue weighted by molar-refractivity contribution is 0.183. The van der Waals surface area contributed by atoms with E-state index in [4.69, 9.17) is 9.68 Å². The van der Waals surface area contributed by atoms with Crippen LogP contribution in [0.5, 0.6) is 0 Å². The monoisotopic (exact) mass is 368 g/mol. The molecule has 2 N–H and O–H groups in total. The molecular formula is C20H24N4O3. The third-order valence-electron chi connectivity index (χ3n) is 4.80. The largest absolute Gasteiger partial charge is 0.469 e. The fourth-order valence-corrected chi connectivity index (χ4v) is 3.17. The first kappa shape index (κ1) is 18.8. The summed E-state index contributed by atoms with van der Waals surface area (Å²) in [5, 5.41) is 21.3. The van der Waals surface area contributed by atoms with Gasteiger partial charge in [0.25, 0.3) is 0 Å². The summed E-state index contributed by atoms with van der Waals surface area (Å²) in [6, 6.07) is 13.2. The second kappa shape index (κ2) is 9.10. The van der Waals surface area contributed by atoms with Gasteiger partial charge in [-0.1, -0.05) is 0 Å². The highest BCUT2D eigenvalue weighted by molar-refractivity contribution is 5.74. The number of urea groups is 1. The number of carbonyl (C=O) groups excluding carboxylic acids is 1. The van der Waals surface area contributed by atoms with E-state index in [1.54, 1.807) is 11.2 Å². The van der Waals surface area contributed by atoms with Gasteiger partial charge < -0.3 is 24.6 Å². The molecule has 0 radical (unpaired) electrons. The van der Waals surface area contributed by atoms with E-state index in [0.29, 0.717) is 31.6 Å². The predicted molar refractivity (Wildman–Crippen MR) is 101 cm³/mol. The van der Waals surface area contributed by atoms with Gasteiger partial charge in [0, 0.05) is 57.4 Å². The van der Waals surface area contributed by atoms with E-state index in [1.807, 2.05) is 36.4 Å². The van der Waals surface area contributed by atoms with Crippen LogP contribution in [0.15, 0.2) is 47.1 Å². The average molecular weight is 368 g/mol. The first-order valence-corrected chi connectivity index (χ1v) is 9.10. The third kappa shape index (κ3) is 5.02. The average Bonchev–Trinajstić information content (AvgIpc) is 3.24. The van der Waals surface area contributed by atoms with Crippen molar-refractivity contribution in [2.24, 2.45) is 5.92 Å². The van der Waals surface area contributed by atoms with E-state index in [0.717, 1.165) is 24.5 Å². The molecule has 1 atom stereocenters. The topological polar surface area (TPSA) is 92.7 Å². The van der Waals surface area contributed by atoms with E-state index in [-0.39, 0.29) is 18.6 Å². The van der Waals surface area contributed by atoms with E-state index in [2.05, 4.69) is 16.3 Å². The quantitative estimate of drug-likeness (QED) is 0.812. The van der Waals surface area contributed by atoms with Crippen LogP contribution in [0.1, 0.15) is 11.3 Å². The van der Waals surface area contributed by atoms with Gasteiger partial charge in [-0.25, -0.2) is 4.79 Å². The van der Waals surface area contributed by atoms with Crippen LogP contribution in [0, 0.1) is 17.2 Å². The molecule has 7 heteroatoms. The molecule has 142 valence electrons. The van der Waals surface area contributed by atoms with E-state index in [9.17, 15) is 9.90 Å². The second-order valence-electron chi connectivity index (χ2n) is 6.65. The summed E-state index contributed by atoms with van der Waals surface area (Å²) in [5.41, 5.74) is 1.71. The summed E-state index contributed by atoms with van der Waals surface area (Å²) >= 11 is 0. The maximum absolute atomic E-state index is 12.4. The van der Waals surface area contributed by atoms with Crippen molar-refractivity contribution in [3.8, 4) is 6.07 Å². The zero-order chi connectivity index (χ0) is 19.1. The zero-order valence-corrected chi connectivity index (χ0v) is 15.2. The number of nitrogens with one attached hydrogen (secondary N) is 1. The molecule has 1 aliphatic heterocycles. The van der Waals surface area contributed by atoms with Gasteiger partial charge in [-0.15, -0.1) is 0 Å². The number of amides is 2. The lowest BCUT2D eigenvalue weighted by atomic mass is 10.1. The summed E-state index contributed by atoms with van der Waals surface area (Å²) in [6.45, 7) is 3.16. The molecule has 27 heavy (non-hydrogen) atoms. The normalized spacial score (nSPS) is 15.3. The van der Waals surface area contributed by atoms with Gasteiger partial charge in [0.1, 0.15) is 5.76 Å². The van der Waals surface area contributed by atoms with E-state index >= 15 is 0 Å². The van der Waals surface area contributed by atoms with Gasteiger partial charge >= 0.3 is 6.03 Å². The summed E-state index contributed by atoms with van der Waals surface area (Å²) in [5.74, 6) is 0.736. The lowest BCUT2D eigenvalue weighted by Gasteiger charge is -2.36. The Morgan fingerprint density at radius 1 is 1.22 bits per heavy atom. The summed E-state index contributed by atoms with van der Waals surface area (Å²) < 4.78 is 5.30. The van der Waals surface area contributed by atoms with Crippen molar-refractivity contribution in [1.82, 2.24) is 10.2 Å². The Morgan fingerprint density at radius 3 is 2.56 bits per heavy atom. The van der Waals surface area contributed by atoms with Crippen LogP contribution >= 0.6 is 0 Å². The van der Waals surface area contributed by atoms with Crippen LogP contribution in [-0.2, 0) is 6.42 Å². The van der Waals surface area contributed by atoms with Crippen molar-refractivity contribution in [1.29, 1.82) is 5.26 Å². The Labute approximate surface area is 158 Å². The molecule has 1 aromatic carbocycles. The van der Waals surface area contributed by atoms with Crippen molar-refractivity contribution in [3.63, 3.8) is 0 Å². The molecule has 3 rings (SSSR count). The molecular weight excluding hydrogens is 344 g/mol. The molecule has 0 spiro atoms. The molecule has 0 aliphatic carbocycles. The summed E-state index contributed by atoms with van der Waals surface area (Å²) in [6.07, 6.45) is 2.20. The Balaban J connectivity index is 1.44. The highest BCUT2D eigenvalue weighted by Gasteiger charge is 2.22. The smallest absolute Gasteiger partial charge is 0.317 e. The van der Waals surface area contributed by atoms with E-state index < -0.39 is 0 Å². The minimum absolute atomic E-state index is 0.00650. The van der Waals surface area contributed by atoms with Crippen LogP contribution < -0.4 is 10.2 Å². The fourth-order valence-electron chi connectivity index (χ4n) is 3.17. The summed E-state index contributed by atoms with van der Waals surface area (Å²) in [4.78, 5) is 16.4. The second-order valence-corrected chi connectivity index (χ2v) is 6.65. The number of furan rings is 1. The molecule has 0 saturated carbocycles. The van der Waals surface area contributed by atoms with Crippen LogP contribution in [0.4, 0.5) is 10.5 Å². The molecule has 2 heterocycles. The number of hydrogen-bond donors (Lipinski definition) is 2. The number of aliphatic hydroxyl groups excluding tert-OH is 1. The standard InChI is InChI=1S/C20H24N4O3/c21-13-16-3-5-18(6-4-16)23-7-9-24(10-8-23)20(26)22-14-17(15-25)12-19-2-1-11-27-19/h1-6,11,17,25H,7-10,12,14-15H2,(H,22,26)/t17-/m1/s1. The minimum atomic E-state index is -0.104. The molecule has 0 unspecified atom stereocenters. The molecule has 7 nitrogen and oxygen atoms in total. The van der Waals surface area contributed by atoms with Crippen LogP contribution in [0.25, 0.3) is 0 Å². The third-order valence-corrected chi connectivity index (χ3v) is 4.80. The maximum atomic E-state index is 12.4. The van der Waals surface area contributed by atoms with Gasteiger partial charge in [-0.05, 0) is 36.4 Å². The molecule has 1 aliphatic rings. The zero-order valence-electron chi connectivity index (χ0n) is 15.2. The first-order valence-electron chi connectivity index (χ1n) is 9.10. The van der Waals surface area contributed by atoms with Crippen molar-refractivity contribution < 1.29 is 14.3 Å². The molecule has 1 saturated heterocycles. The van der Waals surface area contributed by atoms with Gasteiger partial charge in [0.2, 0.25) is 0 Å². The van der Waals surface area contributed by atoms with Crippen LogP contribution in [-0.4, -0.2) is 55.4 Å². The lowest BCUT2D eigenvalue weighted by Crippen LogP contribution is -2.52. The molecule has 1 aromatic heterocycles. The van der Waals surface area contributed by atoms with Crippen molar-refractivity contribution in [3.05, 3.63) is 54.0 Å². The number of piperazine rings is 1. The summed E-state index contributed by atoms with van der Waals surface area (Å²) in [7, 11) is 0. The number of rotatable bonds is 6. The van der Waals surface area contributed by atoms with E-state index in [1.165, 1.54) is 0 Å². The highest BCUT2D eigenvalue weighted by atomic mass is 16.3. The number of nitrogens with zero attached hydrogens (tertiary/aromatic N) is 3. The number of anilines is 1. The Hall–Kier alpha value is -2.98. The number of carbonyl (C=O) groups is 1. The molecule has 2 amide bonds. The predicted octanol–water partition coefficient (Wildman–Crippen LogP) is 1.83. The van der Waals surface area contributed by atoms with Crippen LogP contribution in [0.2, 0.25) is 0 Å². The number of aliphatic hydroxyl groups is 1. The fraction of sp³-hybridized carbons (Fsp3) is 0.400. The Bertz CT molecular complexity index is 760. The van der Waals surface area contributed by atoms with Crippen molar-refractivity contribution >= 4 is 11.7 Å². The number of hydrogen-bond acceptors (Lipinski definition) is 5. The number of nitriles is 1. The van der Waals surface area contributed by atoms with Gasteiger partial charge in [0.15, 0.2) is 0 Å². The van der Waals surface area contributed by atoms with Gasteiger partial charge in [-0.3, -0.25) is 0 Å².